The van der Waals surface area contributed by atoms with E-state index in [-0.39, 0.29) is 6.04 Å². The molecule has 32 heavy (non-hydrogen) atoms. The van der Waals surface area contributed by atoms with Gasteiger partial charge >= 0.3 is 0 Å². The summed E-state index contributed by atoms with van der Waals surface area (Å²) in [5, 5.41) is 0.733. The number of halogens is 1. The number of H-pyrrole nitrogens is 1. The van der Waals surface area contributed by atoms with Crippen LogP contribution in [0, 0.1) is 0 Å². The second-order valence-electron chi connectivity index (χ2n) is 7.65. The molecule has 3 aromatic carbocycles. The number of nitrogens with zero attached hydrogens (tertiary/aromatic N) is 3. The fraction of sp³-hybridized carbons (Fsp3) is 0.154. The molecular formula is C26H23ClN4S. The topological polar surface area (TPSA) is 46.5 Å². The summed E-state index contributed by atoms with van der Waals surface area (Å²) in [5.41, 5.74) is 5.21. The zero-order valence-electron chi connectivity index (χ0n) is 17.7. The number of rotatable bonds is 7. The van der Waals surface area contributed by atoms with Crippen LogP contribution in [0.2, 0.25) is 5.02 Å². The Morgan fingerprint density at radius 1 is 0.938 bits per heavy atom. The van der Waals surface area contributed by atoms with E-state index < -0.39 is 0 Å². The summed E-state index contributed by atoms with van der Waals surface area (Å²) >= 11 is 7.89. The molecule has 2 heterocycles. The van der Waals surface area contributed by atoms with Crippen molar-refractivity contribution in [1.29, 1.82) is 0 Å². The number of aromatic amines is 1. The monoisotopic (exact) mass is 458 g/mol. The van der Waals surface area contributed by atoms with Crippen LogP contribution in [0.15, 0.2) is 72.8 Å². The van der Waals surface area contributed by atoms with Crippen LogP contribution in [0.3, 0.4) is 0 Å². The van der Waals surface area contributed by atoms with Crippen molar-refractivity contribution in [3.8, 4) is 0 Å². The summed E-state index contributed by atoms with van der Waals surface area (Å²) in [4.78, 5) is 13.5. The number of fused-ring (bicyclic) bond motifs is 2. The molecule has 1 atom stereocenters. The van der Waals surface area contributed by atoms with Gasteiger partial charge in [0.05, 0.1) is 28.1 Å². The molecule has 4 nitrogen and oxygen atoms in total. The van der Waals surface area contributed by atoms with Gasteiger partial charge in [0, 0.05) is 5.02 Å². The van der Waals surface area contributed by atoms with Crippen molar-refractivity contribution in [2.24, 2.45) is 0 Å². The van der Waals surface area contributed by atoms with Gasteiger partial charge in [-0.1, -0.05) is 54.1 Å². The Morgan fingerprint density at radius 3 is 2.47 bits per heavy atom. The van der Waals surface area contributed by atoms with Crippen molar-refractivity contribution in [3.05, 3.63) is 95.0 Å². The highest BCUT2D eigenvalue weighted by atomic mass is 35.5. The number of thioether (sulfide) groups is 1. The number of nitrogens with one attached hydrogen (secondary N) is 1. The Morgan fingerprint density at radius 2 is 1.69 bits per heavy atom. The highest BCUT2D eigenvalue weighted by Crippen LogP contribution is 2.30. The number of imidazole rings is 2. The van der Waals surface area contributed by atoms with Gasteiger partial charge in [0.15, 0.2) is 0 Å². The smallest absolute Gasteiger partial charge is 0.134 e. The standard InChI is InChI=1S/C26H23ClN4S/c1-32-17-16-24(26-29-20-6-2-3-7-21(20)30-26)31-23-9-5-4-8-22(23)28-25(31)15-12-18-10-13-19(27)14-11-18/h2-15,24H,16-17H2,1H3,(H,29,30)/b15-12+. The summed E-state index contributed by atoms with van der Waals surface area (Å²) in [7, 11) is 0. The average Bonchev–Trinajstić information content (AvgIpc) is 3.41. The molecule has 0 aliphatic heterocycles. The van der Waals surface area contributed by atoms with Crippen molar-refractivity contribution < 1.29 is 0 Å². The predicted octanol–water partition coefficient (Wildman–Crippen LogP) is 7.08. The van der Waals surface area contributed by atoms with Gasteiger partial charge in [-0.3, -0.25) is 0 Å². The van der Waals surface area contributed by atoms with Gasteiger partial charge in [-0.25, -0.2) is 9.97 Å². The fourth-order valence-electron chi connectivity index (χ4n) is 4.00. The molecule has 0 spiro atoms. The third-order valence-electron chi connectivity index (χ3n) is 5.55. The summed E-state index contributed by atoms with van der Waals surface area (Å²) in [5.74, 6) is 2.89. The van der Waals surface area contributed by atoms with Gasteiger partial charge in [0.25, 0.3) is 0 Å². The second-order valence-corrected chi connectivity index (χ2v) is 9.07. The number of para-hydroxylation sites is 4. The zero-order valence-corrected chi connectivity index (χ0v) is 19.3. The summed E-state index contributed by atoms with van der Waals surface area (Å²) in [6, 6.07) is 24.4. The van der Waals surface area contributed by atoms with Crippen LogP contribution in [-0.4, -0.2) is 31.5 Å². The SMILES string of the molecule is CSCCC(c1nc2ccccc2[nH]1)n1c(/C=C/c2ccc(Cl)cc2)nc2ccccc21. The predicted molar refractivity (Wildman–Crippen MR) is 137 cm³/mol. The van der Waals surface area contributed by atoms with Crippen LogP contribution >= 0.6 is 23.4 Å². The summed E-state index contributed by atoms with van der Waals surface area (Å²) in [6.45, 7) is 0. The van der Waals surface area contributed by atoms with Gasteiger partial charge in [-0.15, -0.1) is 0 Å². The van der Waals surface area contributed by atoms with Gasteiger partial charge in [-0.2, -0.15) is 11.8 Å². The lowest BCUT2D eigenvalue weighted by atomic mass is 10.1. The third-order valence-corrected chi connectivity index (χ3v) is 6.44. The van der Waals surface area contributed by atoms with Crippen molar-refractivity contribution in [2.45, 2.75) is 12.5 Å². The van der Waals surface area contributed by atoms with Gasteiger partial charge in [0.1, 0.15) is 11.6 Å². The maximum absolute atomic E-state index is 6.05. The van der Waals surface area contributed by atoms with Crippen LogP contribution in [0.1, 0.15) is 29.7 Å². The largest absolute Gasteiger partial charge is 0.340 e. The zero-order chi connectivity index (χ0) is 21.9. The van der Waals surface area contributed by atoms with E-state index in [4.69, 9.17) is 21.6 Å². The minimum Gasteiger partial charge on any atom is -0.340 e. The molecule has 1 unspecified atom stereocenters. The molecule has 0 aliphatic rings. The lowest BCUT2D eigenvalue weighted by Gasteiger charge is -2.19. The Hall–Kier alpha value is -3.02. The van der Waals surface area contributed by atoms with E-state index in [0.717, 1.165) is 56.5 Å². The molecule has 0 amide bonds. The number of hydrogen-bond donors (Lipinski definition) is 1. The van der Waals surface area contributed by atoms with E-state index in [1.807, 2.05) is 60.3 Å². The Balaban J connectivity index is 1.64. The first-order valence-corrected chi connectivity index (χ1v) is 12.3. The molecule has 5 aromatic rings. The summed E-state index contributed by atoms with van der Waals surface area (Å²) < 4.78 is 2.32. The Kier molecular flexibility index (Phi) is 6.02. The molecule has 0 saturated carbocycles. The molecule has 0 fully saturated rings. The molecule has 5 rings (SSSR count). The first kappa shape index (κ1) is 20.9. The van der Waals surface area contributed by atoms with Crippen LogP contribution in [0.5, 0.6) is 0 Å². The van der Waals surface area contributed by atoms with E-state index >= 15 is 0 Å². The molecule has 0 bridgehead atoms. The summed E-state index contributed by atoms with van der Waals surface area (Å²) in [6.07, 6.45) is 7.25. The number of aromatic nitrogens is 4. The maximum Gasteiger partial charge on any atom is 0.134 e. The van der Waals surface area contributed by atoms with E-state index in [1.165, 1.54) is 0 Å². The molecule has 0 aliphatic carbocycles. The molecule has 160 valence electrons. The lowest BCUT2D eigenvalue weighted by Crippen LogP contribution is -2.15. The molecule has 1 N–H and O–H groups in total. The first-order chi connectivity index (χ1) is 15.7. The molecule has 0 saturated heterocycles. The van der Waals surface area contributed by atoms with Crippen LogP contribution in [0.25, 0.3) is 34.2 Å². The van der Waals surface area contributed by atoms with Crippen LogP contribution in [-0.2, 0) is 0 Å². The van der Waals surface area contributed by atoms with Crippen molar-refractivity contribution >= 4 is 57.6 Å². The van der Waals surface area contributed by atoms with Crippen molar-refractivity contribution in [2.75, 3.05) is 12.0 Å². The van der Waals surface area contributed by atoms with Crippen molar-refractivity contribution in [1.82, 2.24) is 19.5 Å². The highest BCUT2D eigenvalue weighted by Gasteiger charge is 2.22. The van der Waals surface area contributed by atoms with Gasteiger partial charge < -0.3 is 9.55 Å². The average molecular weight is 459 g/mol. The Labute approximate surface area is 196 Å². The Bertz CT molecular complexity index is 1350. The maximum atomic E-state index is 6.05. The normalized spacial score (nSPS) is 12.8. The second kappa shape index (κ2) is 9.23. The van der Waals surface area contributed by atoms with E-state index in [0.29, 0.717) is 0 Å². The van der Waals surface area contributed by atoms with E-state index in [9.17, 15) is 0 Å². The molecule has 6 heteroatoms. The van der Waals surface area contributed by atoms with Gasteiger partial charge in [0.2, 0.25) is 0 Å². The molecular weight excluding hydrogens is 436 g/mol. The number of hydrogen-bond acceptors (Lipinski definition) is 3. The quantitative estimate of drug-likeness (QED) is 0.283. The van der Waals surface area contributed by atoms with Gasteiger partial charge in [-0.05, 0) is 66.5 Å². The van der Waals surface area contributed by atoms with Crippen LogP contribution in [0.4, 0.5) is 0 Å². The molecule has 0 radical (unpaired) electrons. The molecule has 2 aromatic heterocycles. The van der Waals surface area contributed by atoms with E-state index in [2.05, 4.69) is 52.2 Å². The lowest BCUT2D eigenvalue weighted by molar-refractivity contribution is 0.555. The minimum absolute atomic E-state index is 0.0483. The minimum atomic E-state index is 0.0483. The first-order valence-electron chi connectivity index (χ1n) is 10.6. The number of benzene rings is 3. The van der Waals surface area contributed by atoms with Crippen LogP contribution < -0.4 is 0 Å². The van der Waals surface area contributed by atoms with Crippen molar-refractivity contribution in [3.63, 3.8) is 0 Å². The fourth-order valence-corrected chi connectivity index (χ4v) is 4.59. The third kappa shape index (κ3) is 4.18. The highest BCUT2D eigenvalue weighted by molar-refractivity contribution is 7.98. The van der Waals surface area contributed by atoms with E-state index in [1.54, 1.807) is 0 Å².